The summed E-state index contributed by atoms with van der Waals surface area (Å²) in [6.07, 6.45) is 36.0. The van der Waals surface area contributed by atoms with E-state index in [1.54, 1.807) is 24.8 Å². The molecule has 13 aromatic rings. The van der Waals surface area contributed by atoms with Gasteiger partial charge in [0, 0.05) is 246 Å². The molecule has 8 aliphatic rings. The van der Waals surface area contributed by atoms with Crippen LogP contribution >= 0.6 is 58.0 Å². The number of ether oxygens (including phenoxy) is 1. The summed E-state index contributed by atoms with van der Waals surface area (Å²) in [5.41, 5.74) is 12.3. The highest BCUT2D eigenvalue weighted by Gasteiger charge is 2.33. The molecule has 12 heterocycles. The van der Waals surface area contributed by atoms with Crippen molar-refractivity contribution in [2.45, 2.75) is 134 Å². The van der Waals surface area contributed by atoms with E-state index in [2.05, 4.69) is 141 Å². The van der Waals surface area contributed by atoms with Crippen molar-refractivity contribution in [2.75, 3.05) is 152 Å². The monoisotopic (exact) mass is 1970 g/mol. The highest BCUT2D eigenvalue weighted by atomic mass is 35.5. The Morgan fingerprint density at radius 2 is 0.647 bits per heavy atom. The maximum Gasteiger partial charge on any atom is 0.410 e. The van der Waals surface area contributed by atoms with Crippen LogP contribution in [0, 0.1) is 23.7 Å². The number of aromatic amines is 4. The van der Waals surface area contributed by atoms with E-state index in [0.717, 1.165) is 216 Å². The van der Waals surface area contributed by atoms with Gasteiger partial charge in [-0.2, -0.15) is 0 Å². The number of allylic oxidation sites excluding steroid dienone is 1. The largest absolute Gasteiger partial charge is 0.445 e. The van der Waals surface area contributed by atoms with Gasteiger partial charge in [-0.15, -0.1) is 0 Å². The predicted molar refractivity (Wildman–Crippen MR) is 562 cm³/mol. The first-order valence-corrected chi connectivity index (χ1v) is 51.3. The minimum atomic E-state index is -0.509. The van der Waals surface area contributed by atoms with E-state index >= 15 is 0 Å². The molecule has 0 unspecified atom stereocenters. The topological polar surface area (TPSA) is 318 Å². The van der Waals surface area contributed by atoms with Gasteiger partial charge in [-0.25, -0.2) is 44.7 Å². The summed E-state index contributed by atoms with van der Waals surface area (Å²) in [5.74, 6) is 5.36. The number of H-pyrrole nitrogens is 4. The number of fused-ring (bicyclic) bond motifs is 4. The van der Waals surface area contributed by atoms with Crippen molar-refractivity contribution in [3.8, 4) is 45.0 Å². The Bertz CT molecular complexity index is 6070. The molecule has 28 nitrogen and oxygen atoms in total. The Morgan fingerprint density at radius 1 is 0.367 bits per heavy atom. The van der Waals surface area contributed by atoms with Crippen LogP contribution in [0.5, 0.6) is 0 Å². The molecule has 0 radical (unpaired) electrons. The molecular formula is C106H127Cl5N24O4. The van der Waals surface area contributed by atoms with Crippen LogP contribution < -0.4 is 31.9 Å². The molecule has 10 N–H and O–H groups in total. The molecule has 8 fully saturated rings. The van der Waals surface area contributed by atoms with Crippen molar-refractivity contribution >= 4 is 143 Å². The molecule has 0 spiro atoms. The number of piperazine rings is 4. The molecule has 5 aromatic carbocycles. The molecule has 4 aliphatic carbocycles. The van der Waals surface area contributed by atoms with Crippen molar-refractivity contribution in [3.63, 3.8) is 0 Å². The van der Waals surface area contributed by atoms with E-state index in [1.807, 2.05) is 126 Å². The van der Waals surface area contributed by atoms with E-state index in [1.165, 1.54) is 122 Å². The second-order valence-corrected chi connectivity index (χ2v) is 39.8. The van der Waals surface area contributed by atoms with Crippen LogP contribution in [-0.4, -0.2) is 262 Å². The van der Waals surface area contributed by atoms with Crippen LogP contribution in [0.1, 0.15) is 108 Å². The molecule has 2 amide bonds. The van der Waals surface area contributed by atoms with Crippen LogP contribution in [0.15, 0.2) is 202 Å². The first kappa shape index (κ1) is 99.4. The number of aromatic nitrogens is 12. The maximum atomic E-state index is 12.5. The molecule has 4 saturated heterocycles. The number of hydrogen-bond acceptors (Lipinski definition) is 22. The molecule has 730 valence electrons. The fourth-order valence-electron chi connectivity index (χ4n) is 21.1. The molecule has 139 heavy (non-hydrogen) atoms. The van der Waals surface area contributed by atoms with Gasteiger partial charge in [0.1, 0.15) is 6.61 Å². The minimum absolute atomic E-state index is 0.0385. The first-order valence-electron chi connectivity index (χ1n) is 49.4. The molecule has 33 heteroatoms. The lowest BCUT2D eigenvalue weighted by Gasteiger charge is -2.38. The van der Waals surface area contributed by atoms with Gasteiger partial charge >= 0.3 is 6.09 Å². The number of halogens is 5. The lowest BCUT2D eigenvalue weighted by molar-refractivity contribution is -0.127. The number of rotatable bonds is 24. The molecule has 4 aliphatic heterocycles. The van der Waals surface area contributed by atoms with Crippen LogP contribution in [0.2, 0.25) is 20.1 Å². The number of hydrogen-bond donors (Lipinski definition) is 10. The van der Waals surface area contributed by atoms with Gasteiger partial charge in [-0.05, 0) is 154 Å². The molecule has 8 atom stereocenters. The number of carbonyl (C=O) groups excluding carboxylic acids is 3. The molecule has 0 bridgehead atoms. The normalized spacial score (nSPS) is 21.2. The average molecular weight is 1980 g/mol. The van der Waals surface area contributed by atoms with Crippen LogP contribution in [0.4, 0.5) is 28.6 Å². The summed E-state index contributed by atoms with van der Waals surface area (Å²) in [7, 11) is 0. The summed E-state index contributed by atoms with van der Waals surface area (Å²) < 4.78 is 5.52. The average Bonchev–Trinajstić information content (AvgIpc) is 1.65. The number of benzene rings is 5. The first-order chi connectivity index (χ1) is 68.0. The predicted octanol–water partition coefficient (Wildman–Crippen LogP) is 20.0. The van der Waals surface area contributed by atoms with Gasteiger partial charge in [0.25, 0.3) is 0 Å². The number of nitrogens with zero attached hydrogens (tertiary/aromatic N) is 14. The van der Waals surface area contributed by atoms with Crippen LogP contribution in [-0.2, 0) is 20.9 Å². The van der Waals surface area contributed by atoms with E-state index in [9.17, 15) is 14.4 Å². The quantitative estimate of drug-likeness (QED) is 0.0198. The zero-order chi connectivity index (χ0) is 95.8. The van der Waals surface area contributed by atoms with Crippen molar-refractivity contribution in [1.29, 1.82) is 0 Å². The fourth-order valence-corrected chi connectivity index (χ4v) is 21.9. The minimum Gasteiger partial charge on any atom is -0.445 e. The summed E-state index contributed by atoms with van der Waals surface area (Å²) in [6, 6.07) is 44.1. The summed E-state index contributed by atoms with van der Waals surface area (Å²) in [4.78, 5) is 98.1. The van der Waals surface area contributed by atoms with Gasteiger partial charge in [0.15, 0.2) is 0 Å². The smallest absolute Gasteiger partial charge is 0.410 e. The van der Waals surface area contributed by atoms with E-state index < -0.39 is 5.24 Å². The second kappa shape index (κ2) is 49.3. The van der Waals surface area contributed by atoms with Crippen molar-refractivity contribution in [1.82, 2.24) is 99.8 Å². The number of anilines is 4. The Balaban J connectivity index is 0.000000127. The Kier molecular flexibility index (Phi) is 35.3. The lowest BCUT2D eigenvalue weighted by atomic mass is 9.85. The second-order valence-electron chi connectivity index (χ2n) is 37.8. The van der Waals surface area contributed by atoms with Gasteiger partial charge < -0.3 is 76.2 Å². The van der Waals surface area contributed by atoms with Crippen molar-refractivity contribution in [2.24, 2.45) is 23.7 Å². The zero-order valence-corrected chi connectivity index (χ0v) is 82.7. The highest BCUT2D eigenvalue weighted by molar-refractivity contribution is 6.66. The highest BCUT2D eigenvalue weighted by Crippen LogP contribution is 2.40. The summed E-state index contributed by atoms with van der Waals surface area (Å²) >= 11 is 30.7. The third-order valence-corrected chi connectivity index (χ3v) is 29.4. The van der Waals surface area contributed by atoms with Crippen LogP contribution in [0.3, 0.4) is 0 Å². The standard InChI is InChI=1S/C31H35ClN6O2.C26H31ClN6O.2C23H29ClN6.C3H3ClO/c32-27-19-34-30(36-29(27)26-18-33-28-12-5-4-11-25(26)28)35-24-10-6-9-23(17-24)20-37-13-15-38(16-14-37)31(39)40-21-22-7-2-1-3-8-22;1-2-24(34)33-12-10-32(11-13-33)17-18-6-5-7-19(14-18)30-26-29-16-22(27)25(31-26)21-15-28-23-9-4-3-8-20(21)23;2*24-20-14-27-23(29-22(20)19-13-26-21-7-2-1-6-18(19)21)28-17-5-3-4-16(12-17)15-30-10-8-25-9-11-30;1-2-3(4)5/h1-5,7-8,11-12,18-19,23-24,33H,6,9-10,13-17,20-21H2,(H,34,35,36);2-4,8-9,15-16,18-19,28H,1,5-7,10-14,17H2,(H,29,30,31);2*1-2,6-7,13-14,16-17,25-26H,3-5,8-12,15H2,(H,27,28,29);2H,1H2/t23-,24+;18-,19+;2*16-,17+;/m1111./s1. The third kappa shape index (κ3) is 27.2. The van der Waals surface area contributed by atoms with Crippen molar-refractivity contribution < 1.29 is 19.1 Å². The fraction of sp³-hybridized carbons (Fsp3) is 0.425. The van der Waals surface area contributed by atoms with Gasteiger partial charge in [0.2, 0.25) is 34.9 Å². The van der Waals surface area contributed by atoms with E-state index in [4.69, 9.17) is 82.7 Å². The number of nitrogens with one attached hydrogen (secondary N) is 10. The molecular weight excluding hydrogens is 1850 g/mol. The van der Waals surface area contributed by atoms with Gasteiger partial charge in [-0.1, -0.05) is 188 Å². The Morgan fingerprint density at radius 3 is 0.942 bits per heavy atom. The Hall–Kier alpha value is -11.1. The van der Waals surface area contributed by atoms with Crippen molar-refractivity contribution in [3.05, 3.63) is 228 Å². The van der Waals surface area contributed by atoms with E-state index in [-0.39, 0.29) is 12.0 Å². The molecule has 8 aromatic heterocycles. The van der Waals surface area contributed by atoms with E-state index in [0.29, 0.717) is 99.6 Å². The number of amides is 2. The summed E-state index contributed by atoms with van der Waals surface area (Å²) in [5, 5.41) is 27.4. The summed E-state index contributed by atoms with van der Waals surface area (Å²) in [6.45, 7) is 27.3. The number of carbonyl (C=O) groups is 3. The lowest BCUT2D eigenvalue weighted by Crippen LogP contribution is -2.50. The van der Waals surface area contributed by atoms with Crippen LogP contribution in [0.25, 0.3) is 88.6 Å². The number of para-hydroxylation sites is 4. The molecule has 21 rings (SSSR count). The zero-order valence-electron chi connectivity index (χ0n) is 78.9. The van der Waals surface area contributed by atoms with Gasteiger partial charge in [0.05, 0.1) is 67.7 Å². The van der Waals surface area contributed by atoms with Gasteiger partial charge in [-0.3, -0.25) is 19.4 Å². The SMILES string of the molecule is C=CC(=O)Cl.C=CC(=O)N1CCN(C[C@@H]2CCC[C@H](Nc3ncc(Cl)c(-c4c[nH]c5ccccc45)n3)C2)CC1.Clc1cnc(N[C@H]2CCC[C@@H](CN3CCNCC3)C2)nc1-c1c[nH]c2ccccc12.Clc1cnc(N[C@H]2CCC[C@@H](CN3CCNCC3)C2)nc1-c1c[nH]c2ccccc12.O=C(OCc1ccccc1)N1CCN(C[C@@H]2CCC[C@H](Nc3ncc(Cl)c(-c4c[nH]c5ccccc45)n3)C2)CC1. The molecule has 4 saturated carbocycles. The maximum absolute atomic E-state index is 12.5. The Labute approximate surface area is 838 Å². The third-order valence-electron chi connectivity index (χ3n) is 28.2.